The number of nitrogens with one attached hydrogen (secondary N) is 1. The summed E-state index contributed by atoms with van der Waals surface area (Å²) in [4.78, 5) is 28.2. The summed E-state index contributed by atoms with van der Waals surface area (Å²) in [5.41, 5.74) is 4.51. The number of carbonyl (C=O) groups is 2. The molecule has 0 bridgehead atoms. The third kappa shape index (κ3) is 8.06. The quantitative estimate of drug-likeness (QED) is 0.461. The van der Waals surface area contributed by atoms with Gasteiger partial charge in [0, 0.05) is 25.6 Å². The third-order valence-corrected chi connectivity index (χ3v) is 8.27. The highest BCUT2D eigenvalue weighted by Crippen LogP contribution is 2.25. The van der Waals surface area contributed by atoms with Gasteiger partial charge in [-0.3, -0.25) is 13.9 Å². The van der Waals surface area contributed by atoms with E-state index in [1.54, 1.807) is 11.8 Å². The number of anilines is 1. The lowest BCUT2D eigenvalue weighted by Gasteiger charge is -2.30. The van der Waals surface area contributed by atoms with Crippen LogP contribution in [-0.2, 0) is 26.2 Å². The molecule has 0 saturated heterocycles. The Morgan fingerprint density at radius 3 is 2.35 bits per heavy atom. The molecule has 1 N–H and O–H groups in total. The van der Waals surface area contributed by atoms with Crippen LogP contribution in [0, 0.1) is 20.8 Å². The maximum absolute atomic E-state index is 13.5. The highest BCUT2D eigenvalue weighted by molar-refractivity contribution is 7.92. The van der Waals surface area contributed by atoms with Crippen molar-refractivity contribution < 1.29 is 18.0 Å². The van der Waals surface area contributed by atoms with Gasteiger partial charge in [-0.1, -0.05) is 54.8 Å². The van der Waals surface area contributed by atoms with Gasteiger partial charge < -0.3 is 10.2 Å². The van der Waals surface area contributed by atoms with Crippen LogP contribution in [-0.4, -0.2) is 50.0 Å². The van der Waals surface area contributed by atoms with E-state index in [1.807, 2.05) is 63.2 Å². The maximum atomic E-state index is 13.5. The average Bonchev–Trinajstić information content (AvgIpc) is 3.34. The van der Waals surface area contributed by atoms with Crippen LogP contribution in [0.4, 0.5) is 5.69 Å². The van der Waals surface area contributed by atoms with E-state index in [0.717, 1.165) is 47.9 Å². The first kappa shape index (κ1) is 28.7. The number of carbonyl (C=O) groups excluding carboxylic acids is 2. The minimum absolute atomic E-state index is 0.138. The van der Waals surface area contributed by atoms with E-state index in [9.17, 15) is 18.0 Å². The molecule has 1 aliphatic carbocycles. The van der Waals surface area contributed by atoms with Crippen molar-refractivity contribution in [3.63, 3.8) is 0 Å². The largest absolute Gasteiger partial charge is 0.352 e. The Morgan fingerprint density at radius 2 is 1.70 bits per heavy atom. The molecular weight excluding hydrogens is 486 g/mol. The molecule has 2 aromatic rings. The Bertz CT molecular complexity index is 1210. The molecule has 1 saturated carbocycles. The molecule has 0 aromatic heterocycles. The van der Waals surface area contributed by atoms with Crippen molar-refractivity contribution in [2.75, 3.05) is 17.1 Å². The van der Waals surface area contributed by atoms with Gasteiger partial charge in [0.25, 0.3) is 0 Å². The lowest BCUT2D eigenvalue weighted by Crippen LogP contribution is -2.49. The van der Waals surface area contributed by atoms with Gasteiger partial charge in [-0.2, -0.15) is 0 Å². The molecule has 1 unspecified atom stereocenters. The lowest BCUT2D eigenvalue weighted by atomic mass is 10.1. The fourth-order valence-electron chi connectivity index (χ4n) is 4.95. The predicted molar refractivity (Wildman–Crippen MR) is 149 cm³/mol. The fourth-order valence-corrected chi connectivity index (χ4v) is 5.97. The summed E-state index contributed by atoms with van der Waals surface area (Å²) >= 11 is 0. The van der Waals surface area contributed by atoms with E-state index in [2.05, 4.69) is 5.32 Å². The second kappa shape index (κ2) is 12.6. The van der Waals surface area contributed by atoms with E-state index in [1.165, 1.54) is 10.6 Å². The SMILES string of the molecule is Cc1cccc(CN(C(=O)CCCN(c2cc(C)ccc2C)S(C)(=O)=O)C(C)C(=O)NC2CCCC2)c1. The van der Waals surface area contributed by atoms with Gasteiger partial charge in [0.2, 0.25) is 21.8 Å². The Kier molecular flexibility index (Phi) is 9.76. The van der Waals surface area contributed by atoms with Crippen molar-refractivity contribution in [3.05, 3.63) is 64.7 Å². The standard InChI is InChI=1S/C29H41N3O4S/c1-21-10-8-11-25(18-21)20-31(24(4)29(34)30-26-12-6-7-13-26)28(33)14-9-17-32(37(5,35)36)27-19-22(2)15-16-23(27)3/h8,10-11,15-16,18-19,24,26H,6-7,9,12-14,17,20H2,1-5H3,(H,30,34). The molecule has 202 valence electrons. The molecule has 3 rings (SSSR count). The van der Waals surface area contributed by atoms with Crippen molar-refractivity contribution >= 4 is 27.5 Å². The second-order valence-corrected chi connectivity index (χ2v) is 12.3. The summed E-state index contributed by atoms with van der Waals surface area (Å²) in [5.74, 6) is -0.300. The number of hydrogen-bond donors (Lipinski definition) is 1. The summed E-state index contributed by atoms with van der Waals surface area (Å²) in [6.07, 6.45) is 5.86. The molecule has 0 aliphatic heterocycles. The number of aryl methyl sites for hydroxylation is 3. The lowest BCUT2D eigenvalue weighted by molar-refractivity contribution is -0.141. The Balaban J connectivity index is 1.74. The first-order valence-electron chi connectivity index (χ1n) is 13.2. The number of rotatable bonds is 11. The smallest absolute Gasteiger partial charge is 0.242 e. The number of benzene rings is 2. The zero-order chi connectivity index (χ0) is 27.2. The van der Waals surface area contributed by atoms with Crippen molar-refractivity contribution in [3.8, 4) is 0 Å². The summed E-state index contributed by atoms with van der Waals surface area (Å²) in [5, 5.41) is 3.12. The first-order valence-corrected chi connectivity index (χ1v) is 15.0. The summed E-state index contributed by atoms with van der Waals surface area (Å²) in [6.45, 7) is 8.10. The zero-order valence-electron chi connectivity index (χ0n) is 22.8. The molecule has 2 aromatic carbocycles. The van der Waals surface area contributed by atoms with Gasteiger partial charge in [0.05, 0.1) is 11.9 Å². The molecule has 0 heterocycles. The summed E-state index contributed by atoms with van der Waals surface area (Å²) in [6, 6.07) is 13.2. The molecule has 1 fully saturated rings. The molecule has 0 spiro atoms. The van der Waals surface area contributed by atoms with Crippen molar-refractivity contribution in [2.45, 2.75) is 84.8 Å². The molecule has 0 radical (unpaired) electrons. The highest BCUT2D eigenvalue weighted by atomic mass is 32.2. The molecule has 7 nitrogen and oxygen atoms in total. The van der Waals surface area contributed by atoms with Gasteiger partial charge in [-0.25, -0.2) is 8.42 Å². The molecule has 1 aliphatic rings. The first-order chi connectivity index (χ1) is 17.5. The number of hydrogen-bond acceptors (Lipinski definition) is 4. The Labute approximate surface area is 222 Å². The third-order valence-electron chi connectivity index (χ3n) is 7.09. The van der Waals surface area contributed by atoms with E-state index in [4.69, 9.17) is 0 Å². The van der Waals surface area contributed by atoms with E-state index in [0.29, 0.717) is 18.7 Å². The van der Waals surface area contributed by atoms with E-state index in [-0.39, 0.29) is 30.8 Å². The minimum Gasteiger partial charge on any atom is -0.352 e. The number of amides is 2. The molecule has 37 heavy (non-hydrogen) atoms. The van der Waals surface area contributed by atoms with Crippen LogP contribution < -0.4 is 9.62 Å². The van der Waals surface area contributed by atoms with Crippen LogP contribution in [0.3, 0.4) is 0 Å². The Hall–Kier alpha value is -2.87. The molecule has 8 heteroatoms. The van der Waals surface area contributed by atoms with Crippen molar-refractivity contribution in [1.29, 1.82) is 0 Å². The van der Waals surface area contributed by atoms with E-state index >= 15 is 0 Å². The van der Waals surface area contributed by atoms with Crippen LogP contribution in [0.1, 0.15) is 67.7 Å². The van der Waals surface area contributed by atoms with Crippen LogP contribution in [0.2, 0.25) is 0 Å². The zero-order valence-corrected chi connectivity index (χ0v) is 23.6. The highest BCUT2D eigenvalue weighted by Gasteiger charge is 2.29. The molecular formula is C29H41N3O4S. The number of nitrogens with zero attached hydrogens (tertiary/aromatic N) is 2. The van der Waals surface area contributed by atoms with Gasteiger partial charge in [-0.15, -0.1) is 0 Å². The second-order valence-electron chi connectivity index (χ2n) is 10.4. The normalized spacial score (nSPS) is 14.8. The minimum atomic E-state index is -3.53. The Morgan fingerprint density at radius 1 is 1.03 bits per heavy atom. The average molecular weight is 528 g/mol. The van der Waals surface area contributed by atoms with E-state index < -0.39 is 16.1 Å². The van der Waals surface area contributed by atoms with Gasteiger partial charge in [0.1, 0.15) is 6.04 Å². The molecule has 1 atom stereocenters. The number of sulfonamides is 1. The van der Waals surface area contributed by atoms with Crippen LogP contribution in [0.15, 0.2) is 42.5 Å². The van der Waals surface area contributed by atoms with Crippen LogP contribution in [0.25, 0.3) is 0 Å². The van der Waals surface area contributed by atoms with Crippen LogP contribution in [0.5, 0.6) is 0 Å². The van der Waals surface area contributed by atoms with Crippen molar-refractivity contribution in [2.24, 2.45) is 0 Å². The fraction of sp³-hybridized carbons (Fsp3) is 0.517. The van der Waals surface area contributed by atoms with Gasteiger partial charge >= 0.3 is 0 Å². The topological polar surface area (TPSA) is 86.8 Å². The van der Waals surface area contributed by atoms with Gasteiger partial charge in [0.15, 0.2) is 0 Å². The molecule has 2 amide bonds. The predicted octanol–water partition coefficient (Wildman–Crippen LogP) is 4.63. The monoisotopic (exact) mass is 527 g/mol. The maximum Gasteiger partial charge on any atom is 0.242 e. The summed E-state index contributed by atoms with van der Waals surface area (Å²) in [7, 11) is -3.53. The van der Waals surface area contributed by atoms with Crippen molar-refractivity contribution in [1.82, 2.24) is 10.2 Å². The van der Waals surface area contributed by atoms with Gasteiger partial charge in [-0.05, 0) is 69.7 Å². The van der Waals surface area contributed by atoms with Crippen LogP contribution >= 0.6 is 0 Å². The summed E-state index contributed by atoms with van der Waals surface area (Å²) < 4.78 is 26.6.